The van der Waals surface area contributed by atoms with Crippen LogP contribution < -0.4 is 5.32 Å². The number of fused-ring (bicyclic) bond motifs is 8. The second-order valence-corrected chi connectivity index (χ2v) is 5.60. The van der Waals surface area contributed by atoms with Crippen molar-refractivity contribution in [2.24, 2.45) is 0 Å². The minimum Gasteiger partial charge on any atom is -0.366 e. The van der Waals surface area contributed by atoms with Crippen LogP contribution in [0.25, 0.3) is 11.4 Å². The molecule has 4 atom stereocenters. The van der Waals surface area contributed by atoms with Gasteiger partial charge in [0.1, 0.15) is 6.10 Å². The largest absolute Gasteiger partial charge is 0.366 e. The molecule has 2 N–H and O–H groups in total. The van der Waals surface area contributed by atoms with E-state index in [1.165, 1.54) is 0 Å². The minimum absolute atomic E-state index is 0.0758. The summed E-state index contributed by atoms with van der Waals surface area (Å²) in [5.41, 5.74) is -0.353. The molecule has 5 heterocycles. The molecule has 2 aromatic heterocycles. The Balaban J connectivity index is 1.62. The van der Waals surface area contributed by atoms with Crippen molar-refractivity contribution < 1.29 is 14.6 Å². The lowest BCUT2D eigenvalue weighted by Gasteiger charge is -2.44. The lowest BCUT2D eigenvalue weighted by Crippen LogP contribution is -2.58. The molecule has 3 aliphatic heterocycles. The van der Waals surface area contributed by atoms with Gasteiger partial charge >= 0.3 is 0 Å². The molecule has 3 aliphatic rings. The third kappa shape index (κ3) is 1.52. The van der Waals surface area contributed by atoms with Crippen molar-refractivity contribution >= 4 is 5.95 Å². The topological polar surface area (TPSA) is 94.3 Å². The van der Waals surface area contributed by atoms with Crippen LogP contribution in [0.2, 0.25) is 0 Å². The fraction of sp³-hybridized carbons (Fsp3) is 0.462. The number of ether oxygens (including phenoxy) is 2. The summed E-state index contributed by atoms with van der Waals surface area (Å²) in [7, 11) is 0. The summed E-state index contributed by atoms with van der Waals surface area (Å²) in [6, 6.07) is 3.63. The zero-order valence-corrected chi connectivity index (χ0v) is 11.0. The fourth-order valence-corrected chi connectivity index (χ4v) is 3.23. The van der Waals surface area contributed by atoms with Gasteiger partial charge in [-0.1, -0.05) is 0 Å². The highest BCUT2D eigenvalue weighted by Gasteiger charge is 2.57. The maximum Gasteiger partial charge on any atom is 0.224 e. The van der Waals surface area contributed by atoms with E-state index in [-0.39, 0.29) is 12.1 Å². The highest BCUT2D eigenvalue weighted by molar-refractivity contribution is 5.56. The maximum absolute atomic E-state index is 10.7. The van der Waals surface area contributed by atoms with Crippen LogP contribution in [0.3, 0.4) is 0 Å². The predicted octanol–water partition coefficient (Wildman–Crippen LogP) is 0.140. The molecule has 0 saturated carbocycles. The lowest BCUT2D eigenvalue weighted by molar-refractivity contribution is -0.215. The average Bonchev–Trinajstić information content (AvgIpc) is 3.11. The second kappa shape index (κ2) is 3.79. The van der Waals surface area contributed by atoms with E-state index >= 15 is 0 Å². The normalized spacial score (nSPS) is 36.1. The van der Waals surface area contributed by atoms with Crippen LogP contribution in [0, 0.1) is 0 Å². The first-order valence-corrected chi connectivity index (χ1v) is 6.87. The zero-order valence-electron chi connectivity index (χ0n) is 11.0. The molecule has 5 rings (SSSR count). The summed E-state index contributed by atoms with van der Waals surface area (Å²) in [5, 5.41) is 18.2. The van der Waals surface area contributed by atoms with Crippen molar-refractivity contribution in [2.75, 3.05) is 11.9 Å². The number of aliphatic hydroxyl groups is 1. The van der Waals surface area contributed by atoms with Gasteiger partial charge in [-0.05, 0) is 12.1 Å². The van der Waals surface area contributed by atoms with E-state index in [0.29, 0.717) is 24.8 Å². The zero-order chi connectivity index (χ0) is 14.0. The third-order valence-electron chi connectivity index (χ3n) is 4.26. The van der Waals surface area contributed by atoms with Crippen LogP contribution in [0.5, 0.6) is 0 Å². The summed E-state index contributed by atoms with van der Waals surface area (Å²) in [6.45, 7) is 0.462. The van der Waals surface area contributed by atoms with Crippen molar-refractivity contribution in [1.82, 2.24) is 19.7 Å². The molecule has 0 aliphatic carbocycles. The van der Waals surface area contributed by atoms with E-state index in [0.717, 1.165) is 5.56 Å². The molecule has 8 heteroatoms. The Morgan fingerprint density at radius 2 is 2.24 bits per heavy atom. The van der Waals surface area contributed by atoms with E-state index < -0.39 is 12.0 Å². The molecule has 4 bridgehead atoms. The summed E-state index contributed by atoms with van der Waals surface area (Å²) < 4.78 is 13.0. The first kappa shape index (κ1) is 11.6. The van der Waals surface area contributed by atoms with Crippen molar-refractivity contribution in [2.45, 2.75) is 30.6 Å². The van der Waals surface area contributed by atoms with Crippen LogP contribution in [-0.4, -0.2) is 49.6 Å². The van der Waals surface area contributed by atoms with Gasteiger partial charge in [0.25, 0.3) is 0 Å². The Kier molecular flexibility index (Phi) is 2.09. The molecule has 0 aromatic carbocycles. The predicted molar refractivity (Wildman–Crippen MR) is 70.1 cm³/mol. The third-order valence-corrected chi connectivity index (χ3v) is 4.26. The molecule has 108 valence electrons. The number of nitrogens with zero attached hydrogens (tertiary/aromatic N) is 4. The number of nitrogens with one attached hydrogen (secondary N) is 1. The molecule has 21 heavy (non-hydrogen) atoms. The molecular weight excluding hydrogens is 274 g/mol. The molecule has 2 saturated heterocycles. The second-order valence-electron chi connectivity index (χ2n) is 5.60. The minimum atomic E-state index is -1.24. The monoisotopic (exact) mass is 287 g/mol. The molecule has 0 unspecified atom stereocenters. The van der Waals surface area contributed by atoms with E-state index in [2.05, 4.69) is 20.4 Å². The summed E-state index contributed by atoms with van der Waals surface area (Å²) >= 11 is 0. The highest BCUT2D eigenvalue weighted by atomic mass is 16.7. The number of aromatic nitrogens is 4. The Morgan fingerprint density at radius 3 is 3.10 bits per heavy atom. The molecule has 2 fully saturated rings. The highest BCUT2D eigenvalue weighted by Crippen LogP contribution is 2.45. The summed E-state index contributed by atoms with van der Waals surface area (Å²) in [5.74, 6) is 1.15. The van der Waals surface area contributed by atoms with Gasteiger partial charge in [0, 0.05) is 24.4 Å². The molecule has 0 amide bonds. The Hall–Kier alpha value is -2.03. The number of rotatable bonds is 1. The number of hydrogen-bond acceptors (Lipinski definition) is 7. The standard InChI is InChI=1S/C13H13N5O3/c19-13-5-8(9-6-20-11(13)21-9)18-12(16-13)15-10(17-18)7-1-3-14-4-2-7/h1-4,8-9,11,19H,5-6H2,(H,15,16,17)/t8-,9+,11-,13-/m0/s1. The number of hydrogen-bond donors (Lipinski definition) is 2. The van der Waals surface area contributed by atoms with Crippen molar-refractivity contribution in [3.63, 3.8) is 0 Å². The number of anilines is 1. The average molecular weight is 287 g/mol. The molecule has 0 radical (unpaired) electrons. The van der Waals surface area contributed by atoms with Gasteiger partial charge in [-0.3, -0.25) is 4.98 Å². The number of pyridine rings is 1. The SMILES string of the molecule is O[C@@]12C[C@@H]([C@H]3CO[C@H]1O3)n1nc(-c3ccncc3)nc1N2. The van der Waals surface area contributed by atoms with E-state index in [4.69, 9.17) is 9.47 Å². The van der Waals surface area contributed by atoms with Crippen molar-refractivity contribution in [3.8, 4) is 11.4 Å². The lowest BCUT2D eigenvalue weighted by atomic mass is 9.95. The van der Waals surface area contributed by atoms with Crippen LogP contribution in [-0.2, 0) is 9.47 Å². The first-order chi connectivity index (χ1) is 10.2. The quantitative estimate of drug-likeness (QED) is 0.770. The smallest absolute Gasteiger partial charge is 0.224 e. The summed E-state index contributed by atoms with van der Waals surface area (Å²) in [6.07, 6.45) is 3.16. The molecule has 2 aromatic rings. The maximum atomic E-state index is 10.7. The molecular formula is C13H13N5O3. The van der Waals surface area contributed by atoms with Crippen LogP contribution in [0.15, 0.2) is 24.5 Å². The fourth-order valence-electron chi connectivity index (χ4n) is 3.23. The van der Waals surface area contributed by atoms with E-state index in [1.54, 1.807) is 17.1 Å². The van der Waals surface area contributed by atoms with Gasteiger partial charge in [0.15, 0.2) is 11.5 Å². The van der Waals surface area contributed by atoms with Gasteiger partial charge in [-0.15, -0.1) is 5.10 Å². The van der Waals surface area contributed by atoms with Crippen molar-refractivity contribution in [3.05, 3.63) is 24.5 Å². The van der Waals surface area contributed by atoms with Gasteiger partial charge in [-0.25, -0.2) is 4.68 Å². The first-order valence-electron chi connectivity index (χ1n) is 6.87. The molecule has 8 nitrogen and oxygen atoms in total. The molecule has 0 spiro atoms. The van der Waals surface area contributed by atoms with Crippen LogP contribution in [0.1, 0.15) is 12.5 Å². The van der Waals surface area contributed by atoms with Gasteiger partial charge < -0.3 is 19.9 Å². The summed E-state index contributed by atoms with van der Waals surface area (Å²) in [4.78, 5) is 8.48. The van der Waals surface area contributed by atoms with E-state index in [9.17, 15) is 5.11 Å². The van der Waals surface area contributed by atoms with E-state index in [1.807, 2.05) is 12.1 Å². The van der Waals surface area contributed by atoms with Gasteiger partial charge in [-0.2, -0.15) is 4.98 Å². The van der Waals surface area contributed by atoms with Crippen molar-refractivity contribution in [1.29, 1.82) is 0 Å². The Bertz CT molecular complexity index is 705. The Morgan fingerprint density at radius 1 is 1.38 bits per heavy atom. The van der Waals surface area contributed by atoms with Gasteiger partial charge in [0.2, 0.25) is 12.2 Å². The van der Waals surface area contributed by atoms with Gasteiger partial charge in [0.05, 0.1) is 12.6 Å². The van der Waals surface area contributed by atoms with Crippen LogP contribution >= 0.6 is 0 Å². The Labute approximate surface area is 119 Å². The van der Waals surface area contributed by atoms with Crippen LogP contribution in [0.4, 0.5) is 5.95 Å².